The number of hydrogen-bond acceptors (Lipinski definition) is 3. The fourth-order valence-electron chi connectivity index (χ4n) is 2.36. The number of carbonyl (C=O) groups is 2. The number of aliphatic carboxylic acids is 1. The van der Waals surface area contributed by atoms with Gasteiger partial charge in [0.05, 0.1) is 0 Å². The van der Waals surface area contributed by atoms with E-state index in [0.29, 0.717) is 22.6 Å². The van der Waals surface area contributed by atoms with E-state index in [2.05, 4.69) is 5.32 Å². The smallest absolute Gasteiger partial charge is 0.352 e. The number of amides is 1. The lowest BCUT2D eigenvalue weighted by Gasteiger charge is -2.07. The monoisotopic (exact) mass is 359 g/mol. The predicted octanol–water partition coefficient (Wildman–Crippen LogP) is 4.33. The molecule has 0 heterocycles. The third-order valence-electron chi connectivity index (χ3n) is 3.68. The minimum atomic E-state index is -1.22. The molecule has 0 unspecified atom stereocenters. The summed E-state index contributed by atoms with van der Waals surface area (Å²) in [5.41, 5.74) is 0.804. The van der Waals surface area contributed by atoms with Crippen LogP contribution in [0.5, 0.6) is 11.5 Å². The molecule has 0 fully saturated rings. The molecule has 1 amide bonds. The zero-order valence-electron chi connectivity index (χ0n) is 14.3. The Hall–Kier alpha value is -3.86. The molecule has 0 aliphatic carbocycles. The molecule has 5 nitrogen and oxygen atoms in total. The summed E-state index contributed by atoms with van der Waals surface area (Å²) in [7, 11) is 0. The molecule has 134 valence electrons. The van der Waals surface area contributed by atoms with Crippen LogP contribution in [-0.4, -0.2) is 17.0 Å². The number of carbonyl (C=O) groups excluding carboxylic acids is 1. The number of carboxylic acid groups (broad SMARTS) is 1. The zero-order chi connectivity index (χ0) is 19.1. The second-order valence-electron chi connectivity index (χ2n) is 5.67. The predicted molar refractivity (Wildman–Crippen MR) is 102 cm³/mol. The highest BCUT2D eigenvalue weighted by molar-refractivity contribution is 6.02. The third kappa shape index (κ3) is 5.06. The Balaban J connectivity index is 1.74. The van der Waals surface area contributed by atoms with E-state index in [-0.39, 0.29) is 5.70 Å². The molecule has 0 radical (unpaired) electrons. The van der Waals surface area contributed by atoms with Gasteiger partial charge in [0.2, 0.25) is 0 Å². The molecule has 3 aromatic rings. The van der Waals surface area contributed by atoms with Crippen molar-refractivity contribution in [2.24, 2.45) is 0 Å². The number of ether oxygens (including phenoxy) is 1. The summed E-state index contributed by atoms with van der Waals surface area (Å²) < 4.78 is 5.70. The SMILES string of the molecule is O=C(O)/C(=C\c1ccc(Oc2ccccc2)cc1)NC(=O)c1ccccc1. The van der Waals surface area contributed by atoms with Crippen LogP contribution in [-0.2, 0) is 4.79 Å². The van der Waals surface area contributed by atoms with E-state index in [1.165, 1.54) is 6.08 Å². The summed E-state index contributed by atoms with van der Waals surface area (Å²) in [4.78, 5) is 23.6. The van der Waals surface area contributed by atoms with Crippen LogP contribution in [0.15, 0.2) is 90.6 Å². The van der Waals surface area contributed by atoms with Gasteiger partial charge in [0.15, 0.2) is 0 Å². The average molecular weight is 359 g/mol. The number of carboxylic acids is 1. The second-order valence-corrected chi connectivity index (χ2v) is 5.67. The van der Waals surface area contributed by atoms with Gasteiger partial charge in [-0.2, -0.15) is 0 Å². The summed E-state index contributed by atoms with van der Waals surface area (Å²) in [6, 6.07) is 24.7. The Kier molecular flexibility index (Phi) is 5.64. The van der Waals surface area contributed by atoms with E-state index >= 15 is 0 Å². The minimum Gasteiger partial charge on any atom is -0.477 e. The molecule has 27 heavy (non-hydrogen) atoms. The fourth-order valence-corrected chi connectivity index (χ4v) is 2.36. The molecule has 3 rings (SSSR count). The summed E-state index contributed by atoms with van der Waals surface area (Å²) >= 11 is 0. The maximum absolute atomic E-state index is 12.2. The molecule has 2 N–H and O–H groups in total. The Morgan fingerprint density at radius 1 is 0.778 bits per heavy atom. The van der Waals surface area contributed by atoms with Gasteiger partial charge in [-0.3, -0.25) is 4.79 Å². The van der Waals surface area contributed by atoms with Crippen molar-refractivity contribution in [1.82, 2.24) is 5.32 Å². The molecule has 0 bridgehead atoms. The van der Waals surface area contributed by atoms with Crippen molar-refractivity contribution in [2.75, 3.05) is 0 Å². The van der Waals surface area contributed by atoms with Gasteiger partial charge >= 0.3 is 5.97 Å². The van der Waals surface area contributed by atoms with Crippen molar-refractivity contribution >= 4 is 18.0 Å². The van der Waals surface area contributed by atoms with Gasteiger partial charge < -0.3 is 15.2 Å². The first-order chi connectivity index (χ1) is 13.1. The molecule has 0 saturated heterocycles. The van der Waals surface area contributed by atoms with Gasteiger partial charge in [0.25, 0.3) is 5.91 Å². The first-order valence-corrected chi connectivity index (χ1v) is 8.26. The van der Waals surface area contributed by atoms with Crippen LogP contribution in [0.25, 0.3) is 6.08 Å². The van der Waals surface area contributed by atoms with Crippen LogP contribution in [0, 0.1) is 0 Å². The maximum Gasteiger partial charge on any atom is 0.352 e. The lowest BCUT2D eigenvalue weighted by molar-refractivity contribution is -0.132. The van der Waals surface area contributed by atoms with Gasteiger partial charge in [-0.15, -0.1) is 0 Å². The number of rotatable bonds is 6. The first kappa shape index (κ1) is 17.9. The third-order valence-corrected chi connectivity index (χ3v) is 3.68. The lowest BCUT2D eigenvalue weighted by Crippen LogP contribution is -2.27. The van der Waals surface area contributed by atoms with Crippen LogP contribution in [0.3, 0.4) is 0 Å². The molecule has 0 aromatic heterocycles. The van der Waals surface area contributed by atoms with E-state index in [1.54, 1.807) is 54.6 Å². The molecule has 0 saturated carbocycles. The van der Waals surface area contributed by atoms with Crippen LogP contribution < -0.4 is 10.1 Å². The van der Waals surface area contributed by atoms with Crippen molar-refractivity contribution < 1.29 is 19.4 Å². The Labute approximate surface area is 156 Å². The fraction of sp³-hybridized carbons (Fsp3) is 0. The van der Waals surface area contributed by atoms with E-state index in [1.807, 2.05) is 30.3 Å². The van der Waals surface area contributed by atoms with Crippen LogP contribution in [0.4, 0.5) is 0 Å². The Morgan fingerprint density at radius 2 is 1.33 bits per heavy atom. The highest BCUT2D eigenvalue weighted by Gasteiger charge is 2.13. The van der Waals surface area contributed by atoms with Crippen molar-refractivity contribution in [3.05, 3.63) is 102 Å². The largest absolute Gasteiger partial charge is 0.477 e. The standard InChI is InChI=1S/C22H17NO4/c24-21(17-7-3-1-4-8-17)23-20(22(25)26)15-16-11-13-19(14-12-16)27-18-9-5-2-6-10-18/h1-15H,(H,23,24)(H,25,26)/b20-15+. The number of hydrogen-bond donors (Lipinski definition) is 2. The summed E-state index contributed by atoms with van der Waals surface area (Å²) in [6.07, 6.45) is 1.40. The van der Waals surface area contributed by atoms with Crippen molar-refractivity contribution in [3.8, 4) is 11.5 Å². The first-order valence-electron chi connectivity index (χ1n) is 8.26. The summed E-state index contributed by atoms with van der Waals surface area (Å²) in [5.74, 6) is -0.358. The molecule has 0 aliphatic rings. The molecular weight excluding hydrogens is 342 g/mol. The van der Waals surface area contributed by atoms with Gasteiger partial charge in [-0.1, -0.05) is 48.5 Å². The van der Waals surface area contributed by atoms with E-state index in [9.17, 15) is 14.7 Å². The lowest BCUT2D eigenvalue weighted by atomic mass is 10.1. The molecule has 0 aliphatic heterocycles. The molecule has 0 atom stereocenters. The highest BCUT2D eigenvalue weighted by Crippen LogP contribution is 2.21. The summed E-state index contributed by atoms with van der Waals surface area (Å²) in [6.45, 7) is 0. The second kappa shape index (κ2) is 8.49. The zero-order valence-corrected chi connectivity index (χ0v) is 14.3. The quantitative estimate of drug-likeness (QED) is 0.642. The molecular formula is C22H17NO4. The van der Waals surface area contributed by atoms with Gasteiger partial charge in [-0.05, 0) is 48.0 Å². The Morgan fingerprint density at radius 3 is 1.93 bits per heavy atom. The summed E-state index contributed by atoms with van der Waals surface area (Å²) in [5, 5.41) is 11.8. The van der Waals surface area contributed by atoms with E-state index in [4.69, 9.17) is 4.74 Å². The van der Waals surface area contributed by atoms with Crippen LogP contribution in [0.1, 0.15) is 15.9 Å². The van der Waals surface area contributed by atoms with Crippen LogP contribution in [0.2, 0.25) is 0 Å². The van der Waals surface area contributed by atoms with Crippen molar-refractivity contribution in [1.29, 1.82) is 0 Å². The number of para-hydroxylation sites is 1. The van der Waals surface area contributed by atoms with E-state index < -0.39 is 11.9 Å². The maximum atomic E-state index is 12.2. The normalized spacial score (nSPS) is 10.9. The number of nitrogens with one attached hydrogen (secondary N) is 1. The molecule has 5 heteroatoms. The van der Waals surface area contributed by atoms with Crippen LogP contribution >= 0.6 is 0 Å². The molecule has 0 spiro atoms. The minimum absolute atomic E-state index is 0.208. The Bertz CT molecular complexity index is 949. The highest BCUT2D eigenvalue weighted by atomic mass is 16.5. The molecule has 3 aromatic carbocycles. The van der Waals surface area contributed by atoms with Gasteiger partial charge in [0, 0.05) is 5.56 Å². The topological polar surface area (TPSA) is 75.6 Å². The number of benzene rings is 3. The average Bonchev–Trinajstić information content (AvgIpc) is 2.70. The van der Waals surface area contributed by atoms with Crippen molar-refractivity contribution in [2.45, 2.75) is 0 Å². The van der Waals surface area contributed by atoms with E-state index in [0.717, 1.165) is 0 Å². The van der Waals surface area contributed by atoms with Crippen molar-refractivity contribution in [3.63, 3.8) is 0 Å². The van der Waals surface area contributed by atoms with Gasteiger partial charge in [0.1, 0.15) is 17.2 Å². The van der Waals surface area contributed by atoms with Gasteiger partial charge in [-0.25, -0.2) is 4.79 Å².